The highest BCUT2D eigenvalue weighted by Gasteiger charge is 2.32. The van der Waals surface area contributed by atoms with Crippen LogP contribution in [0, 0.1) is 17.3 Å². The maximum atomic E-state index is 3.77. The van der Waals surface area contributed by atoms with Gasteiger partial charge in [0.05, 0.1) is 0 Å². The Hall–Kier alpha value is -0.0400. The average molecular weight is 195 g/mol. The van der Waals surface area contributed by atoms with Gasteiger partial charge in [-0.25, -0.2) is 0 Å². The summed E-state index contributed by atoms with van der Waals surface area (Å²) in [6, 6.07) is 0.800. The van der Waals surface area contributed by atoms with Crippen LogP contribution < -0.4 is 5.32 Å². The van der Waals surface area contributed by atoms with Crippen molar-refractivity contribution in [3.8, 4) is 0 Å². The lowest BCUT2D eigenvalue weighted by atomic mass is 9.70. The predicted octanol–water partition coefficient (Wildman–Crippen LogP) is 3.20. The van der Waals surface area contributed by atoms with Crippen molar-refractivity contribution in [3.63, 3.8) is 0 Å². The van der Waals surface area contributed by atoms with Gasteiger partial charge in [0.15, 0.2) is 0 Å². The van der Waals surface area contributed by atoms with Gasteiger partial charge in [-0.2, -0.15) is 0 Å². The maximum Gasteiger partial charge on any atom is 0.00748 e. The lowest BCUT2D eigenvalue weighted by molar-refractivity contribution is 0.151. The van der Waals surface area contributed by atoms with E-state index in [0.29, 0.717) is 5.41 Å². The van der Waals surface area contributed by atoms with Crippen molar-refractivity contribution in [2.24, 2.45) is 17.3 Å². The molecule has 0 amide bonds. The smallest absolute Gasteiger partial charge is 0.00748 e. The molecule has 0 aromatic carbocycles. The number of hydrogen-bond acceptors (Lipinski definition) is 1. The summed E-state index contributed by atoms with van der Waals surface area (Å²) in [7, 11) is 0. The molecule has 0 saturated heterocycles. The van der Waals surface area contributed by atoms with Gasteiger partial charge in [0.2, 0.25) is 0 Å². The van der Waals surface area contributed by atoms with E-state index < -0.39 is 0 Å². The molecule has 2 atom stereocenters. The average Bonchev–Trinajstić information content (AvgIpc) is 2.79. The van der Waals surface area contributed by atoms with Crippen molar-refractivity contribution in [1.29, 1.82) is 0 Å². The Kier molecular flexibility index (Phi) is 2.88. The third kappa shape index (κ3) is 2.98. The minimum Gasteiger partial charge on any atom is -0.314 e. The molecule has 2 aliphatic rings. The zero-order valence-electron chi connectivity index (χ0n) is 9.97. The first-order valence-electron chi connectivity index (χ1n) is 6.28. The van der Waals surface area contributed by atoms with Crippen molar-refractivity contribution in [2.75, 3.05) is 6.54 Å². The van der Waals surface area contributed by atoms with Gasteiger partial charge in [-0.3, -0.25) is 0 Å². The number of hydrogen-bond donors (Lipinski definition) is 1. The van der Waals surface area contributed by atoms with Crippen LogP contribution in [0.4, 0.5) is 0 Å². The van der Waals surface area contributed by atoms with E-state index >= 15 is 0 Å². The monoisotopic (exact) mass is 195 g/mol. The molecule has 82 valence electrons. The van der Waals surface area contributed by atoms with E-state index in [9.17, 15) is 0 Å². The molecule has 14 heavy (non-hydrogen) atoms. The van der Waals surface area contributed by atoms with Gasteiger partial charge in [0, 0.05) is 6.04 Å². The van der Waals surface area contributed by atoms with Gasteiger partial charge in [0.25, 0.3) is 0 Å². The summed E-state index contributed by atoms with van der Waals surface area (Å²) in [5.41, 5.74) is 0.568. The summed E-state index contributed by atoms with van der Waals surface area (Å²) >= 11 is 0. The molecule has 1 nitrogen and oxygen atoms in total. The quantitative estimate of drug-likeness (QED) is 0.729. The zero-order chi connectivity index (χ0) is 10.2. The molecule has 0 aliphatic heterocycles. The maximum absolute atomic E-state index is 3.77. The number of nitrogens with one attached hydrogen (secondary N) is 1. The van der Waals surface area contributed by atoms with E-state index in [-0.39, 0.29) is 0 Å². The molecule has 0 aromatic rings. The van der Waals surface area contributed by atoms with Crippen molar-refractivity contribution >= 4 is 0 Å². The number of rotatable bonds is 3. The first kappa shape index (κ1) is 10.5. The third-order valence-electron chi connectivity index (χ3n) is 3.78. The SMILES string of the molecule is CC1CC(NCC2CC2)CC(C)(C)C1. The van der Waals surface area contributed by atoms with E-state index in [1.807, 2.05) is 0 Å². The highest BCUT2D eigenvalue weighted by atomic mass is 14.9. The molecule has 0 heterocycles. The summed E-state index contributed by atoms with van der Waals surface area (Å²) in [4.78, 5) is 0. The minimum absolute atomic E-state index is 0.568. The summed E-state index contributed by atoms with van der Waals surface area (Å²) in [5, 5.41) is 3.77. The largest absolute Gasteiger partial charge is 0.314 e. The fraction of sp³-hybridized carbons (Fsp3) is 1.00. The second kappa shape index (κ2) is 3.84. The standard InChI is InChI=1S/C13H25N/c1-10-6-12(8-13(2,3)7-10)14-9-11-4-5-11/h10-12,14H,4-9H2,1-3H3. The molecule has 0 spiro atoms. The molecule has 2 rings (SSSR count). The van der Waals surface area contributed by atoms with Crippen LogP contribution in [0.25, 0.3) is 0 Å². The van der Waals surface area contributed by atoms with Crippen LogP contribution in [-0.2, 0) is 0 Å². The van der Waals surface area contributed by atoms with E-state index in [2.05, 4.69) is 26.1 Å². The van der Waals surface area contributed by atoms with Crippen molar-refractivity contribution in [1.82, 2.24) is 5.32 Å². The van der Waals surface area contributed by atoms with Crippen LogP contribution in [0.1, 0.15) is 52.9 Å². The van der Waals surface area contributed by atoms with Gasteiger partial charge in [-0.05, 0) is 55.9 Å². The van der Waals surface area contributed by atoms with Crippen LogP contribution in [0.3, 0.4) is 0 Å². The first-order valence-corrected chi connectivity index (χ1v) is 6.28. The highest BCUT2D eigenvalue weighted by molar-refractivity contribution is 4.88. The lowest BCUT2D eigenvalue weighted by Crippen LogP contribution is -2.40. The van der Waals surface area contributed by atoms with Crippen LogP contribution >= 0.6 is 0 Å². The van der Waals surface area contributed by atoms with E-state index in [4.69, 9.17) is 0 Å². The molecule has 0 bridgehead atoms. The van der Waals surface area contributed by atoms with Crippen LogP contribution in [-0.4, -0.2) is 12.6 Å². The van der Waals surface area contributed by atoms with E-state index in [0.717, 1.165) is 17.9 Å². The third-order valence-corrected chi connectivity index (χ3v) is 3.78. The fourth-order valence-electron chi connectivity index (χ4n) is 3.16. The van der Waals surface area contributed by atoms with Crippen LogP contribution in [0.5, 0.6) is 0 Å². The Bertz CT molecular complexity index is 193. The highest BCUT2D eigenvalue weighted by Crippen LogP contribution is 2.38. The lowest BCUT2D eigenvalue weighted by Gasteiger charge is -2.39. The predicted molar refractivity (Wildman–Crippen MR) is 61.3 cm³/mol. The van der Waals surface area contributed by atoms with E-state index in [1.54, 1.807) is 0 Å². The molecule has 1 heteroatoms. The molecule has 2 unspecified atom stereocenters. The Balaban J connectivity index is 1.78. The summed E-state index contributed by atoms with van der Waals surface area (Å²) in [6.07, 6.45) is 7.13. The van der Waals surface area contributed by atoms with Crippen molar-refractivity contribution in [2.45, 2.75) is 58.9 Å². The fourth-order valence-corrected chi connectivity index (χ4v) is 3.16. The topological polar surface area (TPSA) is 12.0 Å². The second-order valence-electron chi connectivity index (χ2n) is 6.46. The second-order valence-corrected chi connectivity index (χ2v) is 6.46. The van der Waals surface area contributed by atoms with Gasteiger partial charge in [0.1, 0.15) is 0 Å². The van der Waals surface area contributed by atoms with Crippen LogP contribution in [0.15, 0.2) is 0 Å². The molecular weight excluding hydrogens is 170 g/mol. The normalized spacial score (nSPS) is 37.1. The molecule has 2 aliphatic carbocycles. The zero-order valence-corrected chi connectivity index (χ0v) is 9.97. The van der Waals surface area contributed by atoms with E-state index in [1.165, 1.54) is 38.6 Å². The molecule has 1 N–H and O–H groups in total. The summed E-state index contributed by atoms with van der Waals surface area (Å²) < 4.78 is 0. The Morgan fingerprint density at radius 3 is 2.50 bits per heavy atom. The van der Waals surface area contributed by atoms with Crippen molar-refractivity contribution in [3.05, 3.63) is 0 Å². The van der Waals surface area contributed by atoms with Crippen molar-refractivity contribution < 1.29 is 0 Å². The molecule has 0 aromatic heterocycles. The van der Waals surface area contributed by atoms with Gasteiger partial charge < -0.3 is 5.32 Å². The van der Waals surface area contributed by atoms with Gasteiger partial charge >= 0.3 is 0 Å². The Morgan fingerprint density at radius 1 is 1.21 bits per heavy atom. The summed E-state index contributed by atoms with van der Waals surface area (Å²) in [6.45, 7) is 8.54. The van der Waals surface area contributed by atoms with Gasteiger partial charge in [-0.1, -0.05) is 20.8 Å². The summed E-state index contributed by atoms with van der Waals surface area (Å²) in [5.74, 6) is 1.94. The molecule has 2 fully saturated rings. The van der Waals surface area contributed by atoms with Crippen LogP contribution in [0.2, 0.25) is 0 Å². The minimum atomic E-state index is 0.568. The Morgan fingerprint density at radius 2 is 1.93 bits per heavy atom. The Labute approximate surface area is 88.7 Å². The molecule has 0 radical (unpaired) electrons. The molecule has 2 saturated carbocycles. The first-order chi connectivity index (χ1) is 6.55. The molecular formula is C13H25N. The van der Waals surface area contributed by atoms with Gasteiger partial charge in [-0.15, -0.1) is 0 Å².